The van der Waals surface area contributed by atoms with Crippen LogP contribution >= 0.6 is 11.3 Å². The van der Waals surface area contributed by atoms with Crippen molar-refractivity contribution in [1.82, 2.24) is 14.7 Å². The van der Waals surface area contributed by atoms with Crippen molar-refractivity contribution in [2.75, 3.05) is 31.1 Å². The molecular formula is C18H17FN4O3S. The van der Waals surface area contributed by atoms with Gasteiger partial charge in [-0.2, -0.15) is 4.68 Å². The first-order chi connectivity index (χ1) is 13.1. The molecule has 1 aromatic carbocycles. The van der Waals surface area contributed by atoms with Gasteiger partial charge in [-0.05, 0) is 35.7 Å². The third-order valence-corrected chi connectivity index (χ3v) is 5.31. The molecule has 1 amide bonds. The lowest BCUT2D eigenvalue weighted by molar-refractivity contribution is -0.132. The topological polar surface area (TPSA) is 71.6 Å². The second-order valence-corrected chi connectivity index (χ2v) is 7.10. The second kappa shape index (κ2) is 7.36. The van der Waals surface area contributed by atoms with E-state index in [0.717, 1.165) is 15.2 Å². The molecule has 1 fully saturated rings. The number of piperazine rings is 1. The first-order valence-electron chi connectivity index (χ1n) is 8.50. The van der Waals surface area contributed by atoms with Crippen LogP contribution in [0.3, 0.4) is 0 Å². The molecule has 0 saturated carbocycles. The van der Waals surface area contributed by atoms with Crippen LogP contribution in [-0.4, -0.2) is 46.8 Å². The van der Waals surface area contributed by atoms with E-state index in [1.165, 1.54) is 23.5 Å². The van der Waals surface area contributed by atoms with Crippen LogP contribution in [0.2, 0.25) is 0 Å². The van der Waals surface area contributed by atoms with Gasteiger partial charge in [-0.15, -0.1) is 16.4 Å². The van der Waals surface area contributed by atoms with Crippen molar-refractivity contribution in [3.63, 3.8) is 0 Å². The SMILES string of the molecule is O=C(Cn1nc(-c2cccs2)oc1=O)N1CCN(c2ccc(F)cc2)CC1. The molecule has 0 N–H and O–H groups in total. The minimum absolute atomic E-state index is 0.149. The fraction of sp³-hybridized carbons (Fsp3) is 0.278. The van der Waals surface area contributed by atoms with Gasteiger partial charge in [0.15, 0.2) is 0 Å². The van der Waals surface area contributed by atoms with Crippen molar-refractivity contribution >= 4 is 22.9 Å². The summed E-state index contributed by atoms with van der Waals surface area (Å²) in [6.45, 7) is 2.20. The molecule has 0 spiro atoms. The molecule has 1 aliphatic heterocycles. The van der Waals surface area contributed by atoms with E-state index in [4.69, 9.17) is 4.42 Å². The first-order valence-corrected chi connectivity index (χ1v) is 9.38. The van der Waals surface area contributed by atoms with E-state index in [0.29, 0.717) is 26.2 Å². The Morgan fingerprint density at radius 1 is 1.15 bits per heavy atom. The van der Waals surface area contributed by atoms with Gasteiger partial charge in [-0.3, -0.25) is 4.79 Å². The highest BCUT2D eigenvalue weighted by Crippen LogP contribution is 2.21. The maximum absolute atomic E-state index is 13.0. The minimum Gasteiger partial charge on any atom is -0.387 e. The average Bonchev–Trinajstić information content (AvgIpc) is 3.33. The molecule has 140 valence electrons. The highest BCUT2D eigenvalue weighted by atomic mass is 32.1. The van der Waals surface area contributed by atoms with Gasteiger partial charge < -0.3 is 14.2 Å². The number of carbonyl (C=O) groups excluding carboxylic acids is 1. The van der Waals surface area contributed by atoms with Crippen LogP contribution in [0.1, 0.15) is 0 Å². The van der Waals surface area contributed by atoms with E-state index in [9.17, 15) is 14.0 Å². The molecule has 27 heavy (non-hydrogen) atoms. The standard InChI is InChI=1S/C18H17FN4O3S/c19-13-3-5-14(6-4-13)21-7-9-22(10-8-21)16(24)12-23-18(25)26-17(20-23)15-2-1-11-27-15/h1-6,11H,7-10,12H2. The van der Waals surface area contributed by atoms with E-state index < -0.39 is 5.76 Å². The maximum atomic E-state index is 13.0. The van der Waals surface area contributed by atoms with Gasteiger partial charge in [0.25, 0.3) is 5.89 Å². The molecule has 4 rings (SSSR count). The van der Waals surface area contributed by atoms with Crippen LogP contribution in [-0.2, 0) is 11.3 Å². The molecular weight excluding hydrogens is 371 g/mol. The number of halogens is 1. The van der Waals surface area contributed by atoms with E-state index in [1.807, 2.05) is 11.4 Å². The zero-order chi connectivity index (χ0) is 18.8. The molecule has 2 aromatic heterocycles. The van der Waals surface area contributed by atoms with Crippen molar-refractivity contribution in [2.24, 2.45) is 0 Å². The van der Waals surface area contributed by atoms with Crippen molar-refractivity contribution in [1.29, 1.82) is 0 Å². The van der Waals surface area contributed by atoms with Crippen LogP contribution < -0.4 is 10.7 Å². The van der Waals surface area contributed by atoms with Gasteiger partial charge in [-0.25, -0.2) is 9.18 Å². The van der Waals surface area contributed by atoms with E-state index in [1.54, 1.807) is 23.1 Å². The van der Waals surface area contributed by atoms with Crippen LogP contribution in [0, 0.1) is 5.82 Å². The number of hydrogen-bond donors (Lipinski definition) is 0. The monoisotopic (exact) mass is 388 g/mol. The van der Waals surface area contributed by atoms with Gasteiger partial charge in [-0.1, -0.05) is 6.07 Å². The summed E-state index contributed by atoms with van der Waals surface area (Å²) in [5, 5.41) is 5.97. The molecule has 7 nitrogen and oxygen atoms in total. The summed E-state index contributed by atoms with van der Waals surface area (Å²) in [5.74, 6) is -0.866. The second-order valence-electron chi connectivity index (χ2n) is 6.15. The van der Waals surface area contributed by atoms with Crippen LogP contribution in [0.25, 0.3) is 10.8 Å². The summed E-state index contributed by atoms with van der Waals surface area (Å²) in [7, 11) is 0. The van der Waals surface area contributed by atoms with Gasteiger partial charge in [0, 0.05) is 31.9 Å². The Labute approximate surface area is 158 Å². The molecule has 1 aliphatic rings. The number of carbonyl (C=O) groups is 1. The van der Waals surface area contributed by atoms with E-state index in [-0.39, 0.29) is 24.2 Å². The Balaban J connectivity index is 1.37. The summed E-state index contributed by atoms with van der Waals surface area (Å²) >= 11 is 1.41. The third-order valence-electron chi connectivity index (χ3n) is 4.45. The third kappa shape index (κ3) is 3.77. The lowest BCUT2D eigenvalue weighted by Gasteiger charge is -2.36. The summed E-state index contributed by atoms with van der Waals surface area (Å²) in [6.07, 6.45) is 0. The molecule has 0 bridgehead atoms. The summed E-state index contributed by atoms with van der Waals surface area (Å²) in [5.41, 5.74) is 0.928. The Hall–Kier alpha value is -2.94. The zero-order valence-electron chi connectivity index (χ0n) is 14.4. The Bertz CT molecular complexity index is 973. The van der Waals surface area contributed by atoms with Crippen molar-refractivity contribution in [3.05, 3.63) is 58.1 Å². The lowest BCUT2D eigenvalue weighted by atomic mass is 10.2. The number of thiophene rings is 1. The van der Waals surface area contributed by atoms with E-state index in [2.05, 4.69) is 10.00 Å². The van der Waals surface area contributed by atoms with E-state index >= 15 is 0 Å². The van der Waals surface area contributed by atoms with Gasteiger partial charge in [0.2, 0.25) is 5.91 Å². The predicted molar refractivity (Wildman–Crippen MR) is 99.3 cm³/mol. The maximum Gasteiger partial charge on any atom is 0.437 e. The fourth-order valence-corrected chi connectivity index (χ4v) is 3.64. The number of anilines is 1. The van der Waals surface area contributed by atoms with Crippen molar-refractivity contribution < 1.29 is 13.6 Å². The van der Waals surface area contributed by atoms with Gasteiger partial charge in [0.05, 0.1) is 4.88 Å². The largest absolute Gasteiger partial charge is 0.437 e. The van der Waals surface area contributed by atoms with Crippen LogP contribution in [0.5, 0.6) is 0 Å². The minimum atomic E-state index is -0.642. The van der Waals surface area contributed by atoms with Crippen molar-refractivity contribution in [3.8, 4) is 10.8 Å². The molecule has 0 atom stereocenters. The summed E-state index contributed by atoms with van der Waals surface area (Å²) in [4.78, 5) is 29.0. The zero-order valence-corrected chi connectivity index (χ0v) is 15.2. The number of aromatic nitrogens is 2. The van der Waals surface area contributed by atoms with Gasteiger partial charge >= 0.3 is 5.76 Å². The normalized spacial score (nSPS) is 14.6. The van der Waals surface area contributed by atoms with Gasteiger partial charge in [0.1, 0.15) is 12.4 Å². The lowest BCUT2D eigenvalue weighted by Crippen LogP contribution is -2.50. The fourth-order valence-electron chi connectivity index (χ4n) is 3.00. The van der Waals surface area contributed by atoms with Crippen LogP contribution in [0.4, 0.5) is 10.1 Å². The smallest absolute Gasteiger partial charge is 0.387 e. The molecule has 0 aliphatic carbocycles. The van der Waals surface area contributed by atoms with Crippen molar-refractivity contribution in [2.45, 2.75) is 6.54 Å². The Morgan fingerprint density at radius 2 is 1.89 bits per heavy atom. The Kier molecular flexibility index (Phi) is 4.76. The average molecular weight is 388 g/mol. The highest BCUT2D eigenvalue weighted by molar-refractivity contribution is 7.13. The first kappa shape index (κ1) is 17.5. The number of hydrogen-bond acceptors (Lipinski definition) is 6. The predicted octanol–water partition coefficient (Wildman–Crippen LogP) is 2.05. The van der Waals surface area contributed by atoms with Crippen LogP contribution in [0.15, 0.2) is 51.0 Å². The number of rotatable bonds is 4. The number of amides is 1. The number of nitrogens with zero attached hydrogens (tertiary/aromatic N) is 4. The summed E-state index contributed by atoms with van der Waals surface area (Å²) < 4.78 is 19.2. The molecule has 0 radical (unpaired) electrons. The molecule has 3 heterocycles. The molecule has 1 saturated heterocycles. The Morgan fingerprint density at radius 3 is 2.56 bits per heavy atom. The summed E-state index contributed by atoms with van der Waals surface area (Å²) in [6, 6.07) is 9.95. The number of benzene rings is 1. The highest BCUT2D eigenvalue weighted by Gasteiger charge is 2.23. The molecule has 0 unspecified atom stereocenters. The molecule has 3 aromatic rings. The quantitative estimate of drug-likeness (QED) is 0.684. The molecule has 9 heteroatoms.